The van der Waals surface area contributed by atoms with Gasteiger partial charge in [0.2, 0.25) is 0 Å². The molecule has 0 atom stereocenters. The van der Waals surface area contributed by atoms with Gasteiger partial charge in [-0.05, 0) is 42.9 Å². The number of hydrogen-bond donors (Lipinski definition) is 1. The lowest BCUT2D eigenvalue weighted by molar-refractivity contribution is 0.503. The molecule has 2 heteroatoms. The van der Waals surface area contributed by atoms with Gasteiger partial charge in [0.25, 0.3) is 0 Å². The van der Waals surface area contributed by atoms with Gasteiger partial charge in [-0.15, -0.1) is 0 Å². The summed E-state index contributed by atoms with van der Waals surface area (Å²) in [5.74, 6) is 2.24. The van der Waals surface area contributed by atoms with E-state index in [4.69, 9.17) is 4.42 Å². The van der Waals surface area contributed by atoms with Gasteiger partial charge >= 0.3 is 0 Å². The number of rotatable bonds is 6. The number of benzene rings is 1. The standard InChI is InChI=1S/C19H29NO/c1-7-20-11-17-16(10-12(2)3)18-14(6)8-9-15(13(4)5)19(18)21-17/h8-9,12-13,20H,7,10-11H2,1-6H3. The fourth-order valence-corrected chi connectivity index (χ4v) is 2.97. The second-order valence-electron chi connectivity index (χ2n) is 6.71. The molecule has 2 rings (SSSR count). The van der Waals surface area contributed by atoms with E-state index in [-0.39, 0.29) is 0 Å². The van der Waals surface area contributed by atoms with Crippen LogP contribution < -0.4 is 5.32 Å². The molecule has 0 bridgehead atoms. The minimum atomic E-state index is 0.484. The summed E-state index contributed by atoms with van der Waals surface area (Å²) in [6, 6.07) is 4.47. The lowest BCUT2D eigenvalue weighted by Gasteiger charge is -2.09. The largest absolute Gasteiger partial charge is 0.459 e. The number of aryl methyl sites for hydroxylation is 1. The molecule has 0 aliphatic rings. The highest BCUT2D eigenvalue weighted by Gasteiger charge is 2.20. The summed E-state index contributed by atoms with van der Waals surface area (Å²) in [5, 5.41) is 4.76. The van der Waals surface area contributed by atoms with Crippen LogP contribution in [0.2, 0.25) is 0 Å². The van der Waals surface area contributed by atoms with E-state index in [0.29, 0.717) is 11.8 Å². The van der Waals surface area contributed by atoms with Crippen LogP contribution in [0.3, 0.4) is 0 Å². The predicted octanol–water partition coefficient (Wildman–Crippen LogP) is 5.17. The van der Waals surface area contributed by atoms with Crippen molar-refractivity contribution in [3.05, 3.63) is 34.6 Å². The van der Waals surface area contributed by atoms with Gasteiger partial charge in [-0.3, -0.25) is 0 Å². The molecule has 1 heterocycles. The Bertz CT molecular complexity index is 608. The lowest BCUT2D eigenvalue weighted by Crippen LogP contribution is -2.12. The minimum Gasteiger partial charge on any atom is -0.459 e. The summed E-state index contributed by atoms with van der Waals surface area (Å²) in [6.45, 7) is 15.1. The van der Waals surface area contributed by atoms with Crippen LogP contribution in [-0.4, -0.2) is 6.54 Å². The number of furan rings is 1. The molecule has 0 aliphatic carbocycles. The van der Waals surface area contributed by atoms with E-state index < -0.39 is 0 Å². The summed E-state index contributed by atoms with van der Waals surface area (Å²) in [4.78, 5) is 0. The molecule has 0 fully saturated rings. The molecule has 1 aromatic heterocycles. The molecule has 116 valence electrons. The van der Waals surface area contributed by atoms with Crippen LogP contribution in [0, 0.1) is 12.8 Å². The molecule has 0 saturated carbocycles. The smallest absolute Gasteiger partial charge is 0.138 e. The van der Waals surface area contributed by atoms with Crippen molar-refractivity contribution in [2.75, 3.05) is 6.54 Å². The fraction of sp³-hybridized carbons (Fsp3) is 0.579. The molecule has 2 nitrogen and oxygen atoms in total. The highest BCUT2D eigenvalue weighted by molar-refractivity contribution is 5.88. The Hall–Kier alpha value is -1.28. The summed E-state index contributed by atoms with van der Waals surface area (Å²) < 4.78 is 6.31. The van der Waals surface area contributed by atoms with E-state index in [0.717, 1.165) is 30.9 Å². The molecule has 2 aromatic rings. The highest BCUT2D eigenvalue weighted by atomic mass is 16.3. The Kier molecular flexibility index (Phi) is 5.10. The zero-order valence-corrected chi connectivity index (χ0v) is 14.3. The maximum absolute atomic E-state index is 6.31. The van der Waals surface area contributed by atoms with Gasteiger partial charge in [0, 0.05) is 10.9 Å². The fourth-order valence-electron chi connectivity index (χ4n) is 2.97. The first-order chi connectivity index (χ1) is 9.95. The first kappa shape index (κ1) is 16.1. The molecule has 0 saturated heterocycles. The second kappa shape index (κ2) is 6.65. The van der Waals surface area contributed by atoms with E-state index >= 15 is 0 Å². The summed E-state index contributed by atoms with van der Waals surface area (Å²) in [7, 11) is 0. The van der Waals surface area contributed by atoms with Crippen molar-refractivity contribution < 1.29 is 4.42 Å². The van der Waals surface area contributed by atoms with Crippen molar-refractivity contribution in [2.45, 2.75) is 60.4 Å². The number of fused-ring (bicyclic) bond motifs is 1. The van der Waals surface area contributed by atoms with Gasteiger partial charge < -0.3 is 9.73 Å². The van der Waals surface area contributed by atoms with Gasteiger partial charge in [-0.25, -0.2) is 0 Å². The molecule has 0 unspecified atom stereocenters. The maximum Gasteiger partial charge on any atom is 0.138 e. The van der Waals surface area contributed by atoms with Crippen LogP contribution in [-0.2, 0) is 13.0 Å². The monoisotopic (exact) mass is 287 g/mol. The van der Waals surface area contributed by atoms with Gasteiger partial charge in [-0.2, -0.15) is 0 Å². The van der Waals surface area contributed by atoms with Crippen molar-refractivity contribution >= 4 is 11.0 Å². The molecular weight excluding hydrogens is 258 g/mol. The third-order valence-corrected chi connectivity index (χ3v) is 4.03. The quantitative estimate of drug-likeness (QED) is 0.792. The molecule has 0 radical (unpaired) electrons. The molecule has 0 aliphatic heterocycles. The molecule has 21 heavy (non-hydrogen) atoms. The molecule has 1 N–H and O–H groups in total. The Morgan fingerprint density at radius 2 is 1.86 bits per heavy atom. The van der Waals surface area contributed by atoms with Crippen molar-refractivity contribution in [1.29, 1.82) is 0 Å². The lowest BCUT2D eigenvalue weighted by atomic mass is 9.93. The van der Waals surface area contributed by atoms with Crippen LogP contribution in [0.5, 0.6) is 0 Å². The topological polar surface area (TPSA) is 25.2 Å². The molecule has 1 aromatic carbocycles. The van der Waals surface area contributed by atoms with Crippen molar-refractivity contribution in [3.63, 3.8) is 0 Å². The summed E-state index contributed by atoms with van der Waals surface area (Å²) in [6.07, 6.45) is 1.08. The van der Waals surface area contributed by atoms with Crippen molar-refractivity contribution in [3.8, 4) is 0 Å². The average molecular weight is 287 g/mol. The van der Waals surface area contributed by atoms with E-state index in [1.54, 1.807) is 0 Å². The Balaban J connectivity index is 2.65. The minimum absolute atomic E-state index is 0.484. The van der Waals surface area contributed by atoms with Crippen LogP contribution in [0.15, 0.2) is 16.5 Å². The SMILES string of the molecule is CCNCc1oc2c(C(C)C)ccc(C)c2c1CC(C)C. The van der Waals surface area contributed by atoms with Crippen LogP contribution >= 0.6 is 0 Å². The normalized spacial score (nSPS) is 12.0. The van der Waals surface area contributed by atoms with E-state index in [1.807, 2.05) is 0 Å². The summed E-state index contributed by atoms with van der Waals surface area (Å²) in [5.41, 5.74) is 5.16. The number of nitrogens with one attached hydrogen (secondary N) is 1. The van der Waals surface area contributed by atoms with E-state index in [1.165, 1.54) is 22.1 Å². The summed E-state index contributed by atoms with van der Waals surface area (Å²) >= 11 is 0. The average Bonchev–Trinajstić information content (AvgIpc) is 2.75. The Labute approximate surface area is 128 Å². The van der Waals surface area contributed by atoms with Crippen molar-refractivity contribution in [2.24, 2.45) is 5.92 Å². The van der Waals surface area contributed by atoms with Crippen LogP contribution in [0.4, 0.5) is 0 Å². The van der Waals surface area contributed by atoms with E-state index in [2.05, 4.69) is 59.0 Å². The van der Waals surface area contributed by atoms with E-state index in [9.17, 15) is 0 Å². The molecule has 0 amide bonds. The molecule has 0 spiro atoms. The number of hydrogen-bond acceptors (Lipinski definition) is 2. The van der Waals surface area contributed by atoms with Gasteiger partial charge in [-0.1, -0.05) is 46.8 Å². The Morgan fingerprint density at radius 3 is 2.43 bits per heavy atom. The Morgan fingerprint density at radius 1 is 1.14 bits per heavy atom. The predicted molar refractivity (Wildman–Crippen MR) is 91.0 cm³/mol. The third kappa shape index (κ3) is 3.32. The third-order valence-electron chi connectivity index (χ3n) is 4.03. The zero-order valence-electron chi connectivity index (χ0n) is 14.3. The first-order valence-electron chi connectivity index (χ1n) is 8.20. The molecular formula is C19H29NO. The second-order valence-corrected chi connectivity index (χ2v) is 6.71. The van der Waals surface area contributed by atoms with Crippen molar-refractivity contribution in [1.82, 2.24) is 5.32 Å². The van der Waals surface area contributed by atoms with Gasteiger partial charge in [0.15, 0.2) is 0 Å². The van der Waals surface area contributed by atoms with Crippen LogP contribution in [0.25, 0.3) is 11.0 Å². The maximum atomic E-state index is 6.31. The zero-order chi connectivity index (χ0) is 15.6. The highest BCUT2D eigenvalue weighted by Crippen LogP contribution is 2.35. The first-order valence-corrected chi connectivity index (χ1v) is 8.20. The van der Waals surface area contributed by atoms with Crippen LogP contribution in [0.1, 0.15) is 63.0 Å². The van der Waals surface area contributed by atoms with Gasteiger partial charge in [0.1, 0.15) is 11.3 Å². The van der Waals surface area contributed by atoms with Gasteiger partial charge in [0.05, 0.1) is 6.54 Å².